The number of hydrogen-bond acceptors (Lipinski definition) is 7. The van der Waals surface area contributed by atoms with Crippen LogP contribution in [-0.2, 0) is 10.0 Å². The first-order chi connectivity index (χ1) is 13.9. The Balaban J connectivity index is 2.02. The Morgan fingerprint density at radius 2 is 1.59 bits per heavy atom. The molecule has 10 nitrogen and oxygen atoms in total. The van der Waals surface area contributed by atoms with Crippen LogP contribution in [0, 0.1) is 0 Å². The molecular weight excluding hydrogens is 394 g/mol. The van der Waals surface area contributed by atoms with E-state index < -0.39 is 15.9 Å². The maximum Gasteiger partial charge on any atom is 0.270 e. The summed E-state index contributed by atoms with van der Waals surface area (Å²) < 4.78 is 24.0. The lowest BCUT2D eigenvalue weighted by atomic mass is 9.95. The molecule has 0 aliphatic carbocycles. The Bertz CT molecular complexity index is 1290. The van der Waals surface area contributed by atoms with Gasteiger partial charge in [-0.05, 0) is 16.0 Å². The number of nitrogens with zero attached hydrogens (tertiary/aromatic N) is 5. The number of nitrogens with one attached hydrogen (secondary N) is 2. The van der Waals surface area contributed by atoms with Gasteiger partial charge in [0.15, 0.2) is 0 Å². The van der Waals surface area contributed by atoms with Gasteiger partial charge in [0, 0.05) is 11.1 Å². The molecule has 0 bridgehead atoms. The molecular formula is C18H15N7O3S. The summed E-state index contributed by atoms with van der Waals surface area (Å²) in [5.41, 5.74) is 4.78. The van der Waals surface area contributed by atoms with Gasteiger partial charge >= 0.3 is 0 Å². The molecule has 4 aromatic rings. The lowest BCUT2D eigenvalue weighted by molar-refractivity contribution is 0.0946. The van der Waals surface area contributed by atoms with Crippen molar-refractivity contribution in [3.8, 4) is 22.4 Å². The van der Waals surface area contributed by atoms with Gasteiger partial charge in [-0.25, -0.2) is 8.42 Å². The predicted octanol–water partition coefficient (Wildman–Crippen LogP) is 1.05. The maximum atomic E-state index is 13.0. The van der Waals surface area contributed by atoms with Crippen molar-refractivity contribution in [3.05, 3.63) is 66.2 Å². The molecule has 146 valence electrons. The van der Waals surface area contributed by atoms with Crippen molar-refractivity contribution in [2.75, 3.05) is 6.26 Å². The highest BCUT2D eigenvalue weighted by Crippen LogP contribution is 2.34. The fourth-order valence-electron chi connectivity index (χ4n) is 2.88. The number of fused-ring (bicyclic) bond motifs is 1. The summed E-state index contributed by atoms with van der Waals surface area (Å²) in [4.78, 5) is 15.0. The van der Waals surface area contributed by atoms with Crippen molar-refractivity contribution >= 4 is 21.6 Å². The number of amides is 1. The van der Waals surface area contributed by atoms with Gasteiger partial charge in [0.1, 0.15) is 5.69 Å². The molecule has 29 heavy (non-hydrogen) atoms. The lowest BCUT2D eigenvalue weighted by Gasteiger charge is -2.15. The molecule has 0 aliphatic heterocycles. The zero-order valence-corrected chi connectivity index (χ0v) is 16.0. The molecule has 2 aromatic carbocycles. The highest BCUT2D eigenvalue weighted by Gasteiger charge is 2.25. The topological polar surface area (TPSA) is 131 Å². The molecule has 0 unspecified atom stereocenters. The van der Waals surface area contributed by atoms with E-state index in [9.17, 15) is 13.2 Å². The van der Waals surface area contributed by atoms with Crippen LogP contribution in [0.25, 0.3) is 28.0 Å². The largest absolute Gasteiger partial charge is 0.274 e. The number of carbonyl (C=O) groups excluding carboxylic acids is 1. The Morgan fingerprint density at radius 1 is 0.966 bits per heavy atom. The van der Waals surface area contributed by atoms with E-state index in [0.717, 1.165) is 16.4 Å². The van der Waals surface area contributed by atoms with E-state index in [1.165, 1.54) is 0 Å². The van der Waals surface area contributed by atoms with Crippen LogP contribution in [0.5, 0.6) is 0 Å². The average molecular weight is 409 g/mol. The first-order valence-electron chi connectivity index (χ1n) is 8.44. The molecule has 0 radical (unpaired) electrons. The number of benzene rings is 2. The number of tetrazole rings is 1. The van der Waals surface area contributed by atoms with Crippen LogP contribution in [0.2, 0.25) is 0 Å². The van der Waals surface area contributed by atoms with Crippen molar-refractivity contribution in [2.45, 2.75) is 0 Å². The van der Waals surface area contributed by atoms with Gasteiger partial charge in [0.2, 0.25) is 15.7 Å². The van der Waals surface area contributed by atoms with E-state index in [2.05, 4.69) is 26.0 Å². The van der Waals surface area contributed by atoms with Crippen molar-refractivity contribution in [1.29, 1.82) is 0 Å². The maximum absolute atomic E-state index is 13.0. The summed E-state index contributed by atoms with van der Waals surface area (Å²) in [5, 5.41) is 15.8. The monoisotopic (exact) mass is 409 g/mol. The summed E-state index contributed by atoms with van der Waals surface area (Å²) in [6, 6.07) is 18.4. The first kappa shape index (κ1) is 18.7. The minimum atomic E-state index is -3.66. The van der Waals surface area contributed by atoms with Crippen LogP contribution in [-0.4, -0.2) is 45.8 Å². The molecule has 2 N–H and O–H groups in total. The van der Waals surface area contributed by atoms with Crippen molar-refractivity contribution in [1.82, 2.24) is 35.5 Å². The van der Waals surface area contributed by atoms with Gasteiger partial charge in [-0.2, -0.15) is 0 Å². The fraction of sp³-hybridized carbons (Fsp3) is 0.0556. The van der Waals surface area contributed by atoms with Gasteiger partial charge in [-0.15, -0.1) is 19.7 Å². The third-order valence-electron chi connectivity index (χ3n) is 4.05. The highest BCUT2D eigenvalue weighted by atomic mass is 32.2. The van der Waals surface area contributed by atoms with E-state index >= 15 is 0 Å². The number of sulfonamides is 1. The lowest BCUT2D eigenvalue weighted by Crippen LogP contribution is -2.41. The third-order valence-corrected chi connectivity index (χ3v) is 4.52. The molecule has 0 fully saturated rings. The molecule has 0 atom stereocenters. The Morgan fingerprint density at radius 3 is 2.21 bits per heavy atom. The number of carbonyl (C=O) groups is 1. The zero-order chi connectivity index (χ0) is 20.4. The smallest absolute Gasteiger partial charge is 0.270 e. The van der Waals surface area contributed by atoms with Crippen LogP contribution in [0.1, 0.15) is 10.4 Å². The second-order valence-corrected chi connectivity index (χ2v) is 7.90. The molecule has 0 spiro atoms. The summed E-state index contributed by atoms with van der Waals surface area (Å²) in [6.45, 7) is 0. The van der Waals surface area contributed by atoms with Gasteiger partial charge in [-0.3, -0.25) is 10.2 Å². The number of hydrazine groups is 1. The van der Waals surface area contributed by atoms with Crippen LogP contribution >= 0.6 is 0 Å². The van der Waals surface area contributed by atoms with E-state index in [1.54, 1.807) is 0 Å². The normalized spacial score (nSPS) is 11.5. The van der Waals surface area contributed by atoms with Crippen LogP contribution < -0.4 is 10.3 Å². The van der Waals surface area contributed by atoms with E-state index in [1.807, 2.05) is 65.5 Å². The summed E-state index contributed by atoms with van der Waals surface area (Å²) in [6.07, 6.45) is 0.932. The molecule has 0 aliphatic rings. The van der Waals surface area contributed by atoms with Crippen molar-refractivity contribution < 1.29 is 13.2 Å². The van der Waals surface area contributed by atoms with Gasteiger partial charge in [0.25, 0.3) is 5.91 Å². The van der Waals surface area contributed by atoms with Crippen LogP contribution in [0.4, 0.5) is 0 Å². The van der Waals surface area contributed by atoms with Crippen molar-refractivity contribution in [3.63, 3.8) is 0 Å². The quantitative estimate of drug-likeness (QED) is 0.471. The highest BCUT2D eigenvalue weighted by molar-refractivity contribution is 7.88. The molecule has 0 saturated heterocycles. The predicted molar refractivity (Wildman–Crippen MR) is 105 cm³/mol. The Labute approximate surface area is 165 Å². The minimum Gasteiger partial charge on any atom is -0.274 e. The number of aromatic nitrogens is 5. The Kier molecular flexibility index (Phi) is 4.74. The molecule has 2 aromatic heterocycles. The minimum absolute atomic E-state index is 0.0891. The molecule has 0 saturated carbocycles. The molecule has 2 heterocycles. The Hall–Kier alpha value is -3.70. The summed E-state index contributed by atoms with van der Waals surface area (Å²) >= 11 is 0. The third kappa shape index (κ3) is 3.81. The van der Waals surface area contributed by atoms with Crippen LogP contribution in [0.3, 0.4) is 0 Å². The van der Waals surface area contributed by atoms with E-state index in [-0.39, 0.29) is 11.2 Å². The van der Waals surface area contributed by atoms with Gasteiger partial charge in [0.05, 0.1) is 11.8 Å². The average Bonchev–Trinajstić information content (AvgIpc) is 3.20. The first-order valence-corrected chi connectivity index (χ1v) is 10.3. The van der Waals surface area contributed by atoms with E-state index in [4.69, 9.17) is 0 Å². The molecule has 4 rings (SSSR count). The number of hydrogen-bond donors (Lipinski definition) is 2. The van der Waals surface area contributed by atoms with E-state index in [0.29, 0.717) is 16.8 Å². The SMILES string of the molecule is CS(=O)(=O)NNC(=O)c1c(-c2ccccc2)c(-c2ccccc2)nn2nnnc12. The summed E-state index contributed by atoms with van der Waals surface area (Å²) in [5.74, 6) is -0.714. The number of rotatable bonds is 5. The molecule has 1 amide bonds. The zero-order valence-electron chi connectivity index (χ0n) is 15.1. The van der Waals surface area contributed by atoms with Crippen molar-refractivity contribution in [2.24, 2.45) is 0 Å². The summed E-state index contributed by atoms with van der Waals surface area (Å²) in [7, 11) is -3.66. The second-order valence-electron chi connectivity index (χ2n) is 6.15. The second kappa shape index (κ2) is 7.37. The van der Waals surface area contributed by atoms with Gasteiger partial charge < -0.3 is 0 Å². The van der Waals surface area contributed by atoms with Crippen LogP contribution in [0.15, 0.2) is 60.7 Å². The molecule has 11 heteroatoms. The van der Waals surface area contributed by atoms with Gasteiger partial charge in [-0.1, -0.05) is 60.7 Å². The standard InChI is InChI=1S/C18H15N7O3S/c1-29(27,28)24-20-18(26)15-14(12-8-4-2-5-9-12)16(13-10-6-3-7-11-13)21-25-17(15)19-22-23-25/h2-11,24H,1H3,(H,20,26). The fourth-order valence-corrected chi connectivity index (χ4v) is 3.15.